The number of aryl methyl sites for hydroxylation is 1. The molecule has 0 amide bonds. The van der Waals surface area contributed by atoms with Gasteiger partial charge >= 0.3 is 5.97 Å². The number of anilines is 1. The zero-order valence-electron chi connectivity index (χ0n) is 13.1. The van der Waals surface area contributed by atoms with E-state index in [0.29, 0.717) is 13.0 Å². The Morgan fingerprint density at radius 3 is 2.86 bits per heavy atom. The fourth-order valence-electron chi connectivity index (χ4n) is 3.10. The van der Waals surface area contributed by atoms with Gasteiger partial charge < -0.3 is 14.7 Å². The Morgan fingerprint density at radius 1 is 1.45 bits per heavy atom. The van der Waals surface area contributed by atoms with E-state index in [-0.39, 0.29) is 0 Å². The number of rotatable bonds is 3. The molecule has 116 valence electrons. The van der Waals surface area contributed by atoms with Crippen molar-refractivity contribution in [3.63, 3.8) is 0 Å². The molecule has 1 aliphatic heterocycles. The molecule has 5 heteroatoms. The molecule has 0 radical (unpaired) electrons. The molecule has 1 N–H and O–H groups in total. The van der Waals surface area contributed by atoms with Crippen molar-refractivity contribution in [3.05, 3.63) is 30.0 Å². The first-order valence-corrected chi connectivity index (χ1v) is 7.37. The summed E-state index contributed by atoms with van der Waals surface area (Å²) in [5, 5.41) is 10.4. The minimum absolute atomic E-state index is 0.512. The van der Waals surface area contributed by atoms with Crippen LogP contribution in [-0.4, -0.2) is 36.3 Å². The van der Waals surface area contributed by atoms with Gasteiger partial charge in [-0.25, -0.2) is 4.98 Å². The van der Waals surface area contributed by atoms with E-state index in [4.69, 9.17) is 4.74 Å². The van der Waals surface area contributed by atoms with Crippen molar-refractivity contribution >= 4 is 22.6 Å². The van der Waals surface area contributed by atoms with Gasteiger partial charge in [0.25, 0.3) is 0 Å². The van der Waals surface area contributed by atoms with Crippen LogP contribution >= 0.6 is 0 Å². The molecule has 1 atom stereocenters. The van der Waals surface area contributed by atoms with Gasteiger partial charge in [0, 0.05) is 29.9 Å². The SMILES string of the molecule is COc1cccc2c(N3CCC(C)(C(=O)O)C3)cc(C)nc12. The number of aliphatic carboxylic acids is 1. The van der Waals surface area contributed by atoms with Crippen LogP contribution in [0.15, 0.2) is 24.3 Å². The molecule has 1 aromatic heterocycles. The number of pyridine rings is 1. The minimum Gasteiger partial charge on any atom is -0.494 e. The van der Waals surface area contributed by atoms with E-state index in [9.17, 15) is 9.90 Å². The number of carbonyl (C=O) groups is 1. The van der Waals surface area contributed by atoms with Crippen LogP contribution in [0.25, 0.3) is 10.9 Å². The lowest BCUT2D eigenvalue weighted by atomic mass is 9.90. The Kier molecular flexibility index (Phi) is 3.43. The second-order valence-electron chi connectivity index (χ2n) is 6.18. The summed E-state index contributed by atoms with van der Waals surface area (Å²) in [4.78, 5) is 18.2. The minimum atomic E-state index is -0.734. The van der Waals surface area contributed by atoms with E-state index in [1.54, 1.807) is 7.11 Å². The number of hydrogen-bond acceptors (Lipinski definition) is 4. The maximum atomic E-state index is 11.5. The molecule has 0 saturated carbocycles. The molecule has 2 heterocycles. The number of para-hydroxylation sites is 1. The van der Waals surface area contributed by atoms with Crippen LogP contribution < -0.4 is 9.64 Å². The smallest absolute Gasteiger partial charge is 0.311 e. The quantitative estimate of drug-likeness (QED) is 0.944. The fourth-order valence-corrected chi connectivity index (χ4v) is 3.10. The van der Waals surface area contributed by atoms with Crippen molar-refractivity contribution in [1.82, 2.24) is 4.98 Å². The summed E-state index contributed by atoms with van der Waals surface area (Å²) in [5.41, 5.74) is 2.06. The summed E-state index contributed by atoms with van der Waals surface area (Å²) >= 11 is 0. The second kappa shape index (κ2) is 5.16. The van der Waals surface area contributed by atoms with Crippen LogP contribution in [-0.2, 0) is 4.79 Å². The third-order valence-corrected chi connectivity index (χ3v) is 4.46. The van der Waals surface area contributed by atoms with Gasteiger partial charge in [0.15, 0.2) is 0 Å². The zero-order chi connectivity index (χ0) is 15.9. The van der Waals surface area contributed by atoms with Gasteiger partial charge in [0.2, 0.25) is 0 Å². The molecule has 1 unspecified atom stereocenters. The van der Waals surface area contributed by atoms with Gasteiger partial charge in [0.05, 0.1) is 12.5 Å². The van der Waals surface area contributed by atoms with E-state index in [2.05, 4.69) is 9.88 Å². The molecule has 1 aromatic carbocycles. The van der Waals surface area contributed by atoms with Crippen molar-refractivity contribution in [2.45, 2.75) is 20.3 Å². The number of methoxy groups -OCH3 is 1. The number of carboxylic acids is 1. The summed E-state index contributed by atoms with van der Waals surface area (Å²) in [6, 6.07) is 7.86. The van der Waals surface area contributed by atoms with Crippen LogP contribution in [0.3, 0.4) is 0 Å². The van der Waals surface area contributed by atoms with E-state index in [1.807, 2.05) is 38.1 Å². The van der Waals surface area contributed by atoms with Crippen molar-refractivity contribution < 1.29 is 14.6 Å². The molecule has 1 saturated heterocycles. The van der Waals surface area contributed by atoms with Crippen molar-refractivity contribution in [1.29, 1.82) is 0 Å². The predicted octanol–water partition coefficient (Wildman–Crippen LogP) is 2.85. The fraction of sp³-hybridized carbons (Fsp3) is 0.412. The van der Waals surface area contributed by atoms with Gasteiger partial charge in [-0.05, 0) is 32.4 Å². The standard InChI is InChI=1S/C17H20N2O3/c1-11-9-13(19-8-7-17(2,10-19)16(20)21)12-5-4-6-14(22-3)15(12)18-11/h4-6,9H,7-8,10H2,1-3H3,(H,20,21). The highest BCUT2D eigenvalue weighted by Crippen LogP contribution is 2.38. The van der Waals surface area contributed by atoms with E-state index in [1.165, 1.54) is 0 Å². The van der Waals surface area contributed by atoms with Crippen LogP contribution in [0.4, 0.5) is 5.69 Å². The number of ether oxygens (including phenoxy) is 1. The molecule has 3 rings (SSSR count). The zero-order valence-corrected chi connectivity index (χ0v) is 13.1. The van der Waals surface area contributed by atoms with E-state index in [0.717, 1.165) is 34.6 Å². The summed E-state index contributed by atoms with van der Waals surface area (Å²) in [7, 11) is 1.63. The van der Waals surface area contributed by atoms with Gasteiger partial charge in [0.1, 0.15) is 11.3 Å². The maximum Gasteiger partial charge on any atom is 0.311 e. The van der Waals surface area contributed by atoms with E-state index < -0.39 is 11.4 Å². The summed E-state index contributed by atoms with van der Waals surface area (Å²) in [5.74, 6) is 0.00491. The second-order valence-corrected chi connectivity index (χ2v) is 6.18. The van der Waals surface area contributed by atoms with Gasteiger partial charge in [-0.1, -0.05) is 12.1 Å². The molecule has 2 aromatic rings. The highest BCUT2D eigenvalue weighted by atomic mass is 16.5. The first-order chi connectivity index (χ1) is 10.4. The Hall–Kier alpha value is -2.30. The molecule has 0 bridgehead atoms. The first-order valence-electron chi connectivity index (χ1n) is 7.37. The highest BCUT2D eigenvalue weighted by molar-refractivity contribution is 5.96. The molecule has 1 aliphatic rings. The number of benzene rings is 1. The van der Waals surface area contributed by atoms with Crippen LogP contribution in [0.5, 0.6) is 5.75 Å². The summed E-state index contributed by atoms with van der Waals surface area (Å²) in [6.45, 7) is 5.00. The normalized spacial score (nSPS) is 21.3. The molecular weight excluding hydrogens is 280 g/mol. The molecular formula is C17H20N2O3. The van der Waals surface area contributed by atoms with Crippen molar-refractivity contribution in [3.8, 4) is 5.75 Å². The van der Waals surface area contributed by atoms with Crippen LogP contribution in [0.1, 0.15) is 19.0 Å². The highest BCUT2D eigenvalue weighted by Gasteiger charge is 2.41. The Bertz CT molecular complexity index is 744. The third kappa shape index (κ3) is 2.26. The average Bonchev–Trinajstić information content (AvgIpc) is 2.89. The number of hydrogen-bond donors (Lipinski definition) is 1. The largest absolute Gasteiger partial charge is 0.494 e. The Labute approximate surface area is 129 Å². The van der Waals surface area contributed by atoms with Gasteiger partial charge in [-0.2, -0.15) is 0 Å². The third-order valence-electron chi connectivity index (χ3n) is 4.46. The number of fused-ring (bicyclic) bond motifs is 1. The van der Waals surface area contributed by atoms with Gasteiger partial charge in [-0.15, -0.1) is 0 Å². The molecule has 0 spiro atoms. The lowest BCUT2D eigenvalue weighted by Crippen LogP contribution is -2.31. The van der Waals surface area contributed by atoms with Crippen LogP contribution in [0, 0.1) is 12.3 Å². The molecule has 0 aliphatic carbocycles. The van der Waals surface area contributed by atoms with Crippen LogP contribution in [0.2, 0.25) is 0 Å². The Balaban J connectivity index is 2.10. The first kappa shape index (κ1) is 14.6. The summed E-state index contributed by atoms with van der Waals surface area (Å²) < 4.78 is 5.40. The van der Waals surface area contributed by atoms with Gasteiger partial charge in [-0.3, -0.25) is 4.79 Å². The maximum absolute atomic E-state index is 11.5. The predicted molar refractivity (Wildman–Crippen MR) is 85.6 cm³/mol. The number of nitrogens with zero attached hydrogens (tertiary/aromatic N) is 2. The number of carboxylic acid groups (broad SMARTS) is 1. The Morgan fingerprint density at radius 2 is 2.23 bits per heavy atom. The lowest BCUT2D eigenvalue weighted by molar-refractivity contribution is -0.146. The summed E-state index contributed by atoms with van der Waals surface area (Å²) in [6.07, 6.45) is 0.648. The lowest BCUT2D eigenvalue weighted by Gasteiger charge is -2.23. The monoisotopic (exact) mass is 300 g/mol. The number of aromatic nitrogens is 1. The topological polar surface area (TPSA) is 62.7 Å². The average molecular weight is 300 g/mol. The molecule has 5 nitrogen and oxygen atoms in total. The van der Waals surface area contributed by atoms with Crippen molar-refractivity contribution in [2.75, 3.05) is 25.1 Å². The van der Waals surface area contributed by atoms with Crippen molar-refractivity contribution in [2.24, 2.45) is 5.41 Å². The molecule has 1 fully saturated rings. The van der Waals surface area contributed by atoms with E-state index >= 15 is 0 Å². The molecule has 22 heavy (non-hydrogen) atoms.